The molecule has 2 aromatic carbocycles. The SMILES string of the molecule is COc1ccc2c(c1)c(Nc1cccc(Cl)c1)nn2CC(N)=O. The van der Waals surface area contributed by atoms with E-state index in [1.165, 1.54) is 0 Å². The number of halogens is 1. The Morgan fingerprint density at radius 1 is 1.35 bits per heavy atom. The van der Waals surface area contributed by atoms with Gasteiger partial charge in [0.2, 0.25) is 5.91 Å². The lowest BCUT2D eigenvalue weighted by Gasteiger charge is -2.04. The van der Waals surface area contributed by atoms with E-state index >= 15 is 0 Å². The molecule has 0 radical (unpaired) electrons. The van der Waals surface area contributed by atoms with Crippen LogP contribution in [0.2, 0.25) is 5.02 Å². The smallest absolute Gasteiger partial charge is 0.239 e. The first-order chi connectivity index (χ1) is 11.1. The summed E-state index contributed by atoms with van der Waals surface area (Å²) < 4.78 is 6.82. The van der Waals surface area contributed by atoms with Crippen molar-refractivity contribution in [2.45, 2.75) is 6.54 Å². The Labute approximate surface area is 137 Å². The maximum atomic E-state index is 11.2. The molecule has 1 aromatic heterocycles. The lowest BCUT2D eigenvalue weighted by atomic mass is 10.2. The monoisotopic (exact) mass is 330 g/mol. The van der Waals surface area contributed by atoms with Gasteiger partial charge in [-0.05, 0) is 36.4 Å². The number of ether oxygens (including phenoxy) is 1. The van der Waals surface area contributed by atoms with Gasteiger partial charge in [0, 0.05) is 16.1 Å². The number of carbonyl (C=O) groups excluding carboxylic acids is 1. The number of primary amides is 1. The third-order valence-electron chi connectivity index (χ3n) is 3.35. The van der Waals surface area contributed by atoms with Crippen LogP contribution in [0.15, 0.2) is 42.5 Å². The molecule has 0 fully saturated rings. The number of carbonyl (C=O) groups is 1. The fraction of sp³-hybridized carbons (Fsp3) is 0.125. The van der Waals surface area contributed by atoms with Crippen LogP contribution in [0.3, 0.4) is 0 Å². The maximum Gasteiger partial charge on any atom is 0.239 e. The number of methoxy groups -OCH3 is 1. The second-order valence-electron chi connectivity index (χ2n) is 4.99. The third kappa shape index (κ3) is 3.22. The molecule has 3 aromatic rings. The summed E-state index contributed by atoms with van der Waals surface area (Å²) >= 11 is 6.00. The maximum absolute atomic E-state index is 11.2. The molecule has 0 aliphatic carbocycles. The van der Waals surface area contributed by atoms with Crippen LogP contribution in [0.4, 0.5) is 11.5 Å². The topological polar surface area (TPSA) is 82.2 Å². The van der Waals surface area contributed by atoms with E-state index < -0.39 is 5.91 Å². The molecular formula is C16H15ClN4O2. The lowest BCUT2D eigenvalue weighted by molar-refractivity contribution is -0.118. The van der Waals surface area contributed by atoms with E-state index in [1.807, 2.05) is 30.3 Å². The summed E-state index contributed by atoms with van der Waals surface area (Å²) in [5.41, 5.74) is 6.87. The van der Waals surface area contributed by atoms with Crippen molar-refractivity contribution in [1.82, 2.24) is 9.78 Å². The fourth-order valence-electron chi connectivity index (χ4n) is 2.35. The normalized spacial score (nSPS) is 10.7. The average Bonchev–Trinajstić information content (AvgIpc) is 2.83. The van der Waals surface area contributed by atoms with Crippen LogP contribution in [0.1, 0.15) is 0 Å². The van der Waals surface area contributed by atoms with Crippen molar-refractivity contribution < 1.29 is 9.53 Å². The molecule has 0 atom stereocenters. The predicted molar refractivity (Wildman–Crippen MR) is 90.2 cm³/mol. The Balaban J connectivity index is 2.08. The van der Waals surface area contributed by atoms with Crippen LogP contribution in [0.5, 0.6) is 5.75 Å². The zero-order valence-corrected chi connectivity index (χ0v) is 13.2. The van der Waals surface area contributed by atoms with Crippen molar-refractivity contribution in [2.24, 2.45) is 5.73 Å². The number of hydrogen-bond donors (Lipinski definition) is 2. The Kier molecular flexibility index (Phi) is 4.08. The summed E-state index contributed by atoms with van der Waals surface area (Å²) in [6.07, 6.45) is 0. The molecular weight excluding hydrogens is 316 g/mol. The molecule has 3 N–H and O–H groups in total. The summed E-state index contributed by atoms with van der Waals surface area (Å²) in [7, 11) is 1.60. The van der Waals surface area contributed by atoms with Crippen LogP contribution in [-0.2, 0) is 11.3 Å². The summed E-state index contributed by atoms with van der Waals surface area (Å²) in [4.78, 5) is 11.2. The molecule has 3 rings (SSSR count). The number of anilines is 2. The van der Waals surface area contributed by atoms with Crippen LogP contribution in [0, 0.1) is 0 Å². The van der Waals surface area contributed by atoms with Crippen LogP contribution < -0.4 is 15.8 Å². The number of hydrogen-bond acceptors (Lipinski definition) is 4. The van der Waals surface area contributed by atoms with Gasteiger partial charge in [-0.2, -0.15) is 5.10 Å². The highest BCUT2D eigenvalue weighted by Crippen LogP contribution is 2.30. The van der Waals surface area contributed by atoms with Crippen LogP contribution >= 0.6 is 11.6 Å². The Morgan fingerprint density at radius 3 is 2.87 bits per heavy atom. The zero-order valence-electron chi connectivity index (χ0n) is 12.4. The van der Waals surface area contributed by atoms with Crippen molar-refractivity contribution in [1.29, 1.82) is 0 Å². The second-order valence-corrected chi connectivity index (χ2v) is 5.43. The molecule has 1 heterocycles. The molecule has 118 valence electrons. The molecule has 0 saturated heterocycles. The van der Waals surface area contributed by atoms with E-state index in [2.05, 4.69) is 10.4 Å². The van der Waals surface area contributed by atoms with E-state index in [-0.39, 0.29) is 6.54 Å². The summed E-state index contributed by atoms with van der Waals surface area (Å²) in [5, 5.41) is 9.09. The van der Waals surface area contributed by atoms with Crippen molar-refractivity contribution in [3.63, 3.8) is 0 Å². The van der Waals surface area contributed by atoms with E-state index in [0.29, 0.717) is 16.6 Å². The summed E-state index contributed by atoms with van der Waals surface area (Å²) in [6.45, 7) is 0.0000542. The number of benzene rings is 2. The van der Waals surface area contributed by atoms with Gasteiger partial charge < -0.3 is 15.8 Å². The number of rotatable bonds is 5. The first-order valence-corrected chi connectivity index (χ1v) is 7.30. The van der Waals surface area contributed by atoms with E-state index in [1.54, 1.807) is 23.9 Å². The molecule has 7 heteroatoms. The van der Waals surface area contributed by atoms with Gasteiger partial charge in [0.1, 0.15) is 12.3 Å². The largest absolute Gasteiger partial charge is 0.497 e. The Morgan fingerprint density at radius 2 is 2.17 bits per heavy atom. The van der Waals surface area contributed by atoms with Crippen molar-refractivity contribution >= 4 is 39.9 Å². The standard InChI is InChI=1S/C16H15ClN4O2/c1-23-12-5-6-14-13(8-12)16(20-21(14)9-15(18)22)19-11-4-2-3-10(17)7-11/h2-8H,9H2,1H3,(H2,18,22)(H,19,20). The molecule has 0 unspecified atom stereocenters. The van der Waals surface area contributed by atoms with Crippen molar-refractivity contribution in [3.05, 3.63) is 47.5 Å². The highest BCUT2D eigenvalue weighted by Gasteiger charge is 2.13. The quantitative estimate of drug-likeness (QED) is 0.753. The minimum Gasteiger partial charge on any atom is -0.497 e. The second kappa shape index (κ2) is 6.18. The minimum absolute atomic E-state index is 0.0000542. The Bertz CT molecular complexity index is 876. The van der Waals surface area contributed by atoms with Crippen LogP contribution in [-0.4, -0.2) is 22.8 Å². The molecule has 6 nitrogen and oxygen atoms in total. The van der Waals surface area contributed by atoms with E-state index in [0.717, 1.165) is 16.6 Å². The van der Waals surface area contributed by atoms with Gasteiger partial charge >= 0.3 is 0 Å². The van der Waals surface area contributed by atoms with Gasteiger partial charge in [0.15, 0.2) is 5.82 Å². The number of nitrogens with zero attached hydrogens (tertiary/aromatic N) is 2. The van der Waals surface area contributed by atoms with Crippen molar-refractivity contribution in [2.75, 3.05) is 12.4 Å². The Hall–Kier alpha value is -2.73. The lowest BCUT2D eigenvalue weighted by Crippen LogP contribution is -2.19. The molecule has 0 bridgehead atoms. The number of nitrogens with one attached hydrogen (secondary N) is 1. The van der Waals surface area contributed by atoms with Gasteiger partial charge in [0.05, 0.1) is 12.6 Å². The van der Waals surface area contributed by atoms with Crippen LogP contribution in [0.25, 0.3) is 10.9 Å². The summed E-state index contributed by atoms with van der Waals surface area (Å²) in [5.74, 6) is 0.840. The van der Waals surface area contributed by atoms with E-state index in [4.69, 9.17) is 22.1 Å². The number of nitrogens with two attached hydrogens (primary N) is 1. The highest BCUT2D eigenvalue weighted by molar-refractivity contribution is 6.30. The predicted octanol–water partition coefficient (Wildman–Crippen LogP) is 2.93. The fourth-order valence-corrected chi connectivity index (χ4v) is 2.54. The molecule has 0 aliphatic rings. The average molecular weight is 331 g/mol. The first-order valence-electron chi connectivity index (χ1n) is 6.92. The van der Waals surface area contributed by atoms with Crippen molar-refractivity contribution in [3.8, 4) is 5.75 Å². The molecule has 0 aliphatic heterocycles. The molecule has 0 saturated carbocycles. The third-order valence-corrected chi connectivity index (χ3v) is 3.59. The number of fused-ring (bicyclic) bond motifs is 1. The van der Waals surface area contributed by atoms with Gasteiger partial charge in [-0.25, -0.2) is 0 Å². The van der Waals surface area contributed by atoms with Gasteiger partial charge in [0.25, 0.3) is 0 Å². The molecule has 1 amide bonds. The van der Waals surface area contributed by atoms with Gasteiger partial charge in [-0.15, -0.1) is 0 Å². The number of aromatic nitrogens is 2. The molecule has 0 spiro atoms. The molecule has 23 heavy (non-hydrogen) atoms. The first kappa shape index (κ1) is 15.2. The summed E-state index contributed by atoms with van der Waals surface area (Å²) in [6, 6.07) is 12.8. The number of amides is 1. The minimum atomic E-state index is -0.459. The zero-order chi connectivity index (χ0) is 16.4. The van der Waals surface area contributed by atoms with E-state index in [9.17, 15) is 4.79 Å². The van der Waals surface area contributed by atoms with Gasteiger partial charge in [-0.3, -0.25) is 9.48 Å². The van der Waals surface area contributed by atoms with Gasteiger partial charge in [-0.1, -0.05) is 17.7 Å². The highest BCUT2D eigenvalue weighted by atomic mass is 35.5.